The minimum absolute atomic E-state index is 0.125. The van der Waals surface area contributed by atoms with Crippen LogP contribution in [-0.4, -0.2) is 33.4 Å². The number of rotatable bonds is 2. The van der Waals surface area contributed by atoms with Gasteiger partial charge in [-0.3, -0.25) is 4.79 Å². The molecule has 0 bridgehead atoms. The number of aromatic amines is 1. The molecule has 0 radical (unpaired) electrons. The van der Waals surface area contributed by atoms with Crippen molar-refractivity contribution in [2.24, 2.45) is 0 Å². The lowest BCUT2D eigenvalue weighted by Gasteiger charge is -2.21. The molecular weight excluding hydrogens is 294 g/mol. The molecular formula is C14H16ClN3OS. The molecule has 2 heterocycles. The second kappa shape index (κ2) is 5.22. The molecule has 0 aliphatic carbocycles. The van der Waals surface area contributed by atoms with Crippen molar-refractivity contribution in [2.75, 3.05) is 13.1 Å². The number of amides is 1. The van der Waals surface area contributed by atoms with Crippen LogP contribution in [0.2, 0.25) is 5.02 Å². The summed E-state index contributed by atoms with van der Waals surface area (Å²) in [6, 6.07) is 5.23. The Bertz CT molecular complexity index is 715. The van der Waals surface area contributed by atoms with Crippen LogP contribution >= 0.6 is 23.8 Å². The molecule has 1 aromatic carbocycles. The fourth-order valence-corrected chi connectivity index (χ4v) is 3.32. The van der Waals surface area contributed by atoms with Gasteiger partial charge in [-0.1, -0.05) is 11.6 Å². The van der Waals surface area contributed by atoms with E-state index in [2.05, 4.69) is 4.98 Å². The highest BCUT2D eigenvalue weighted by Crippen LogP contribution is 2.24. The van der Waals surface area contributed by atoms with Gasteiger partial charge in [0.1, 0.15) is 6.04 Å². The van der Waals surface area contributed by atoms with E-state index in [-0.39, 0.29) is 11.9 Å². The van der Waals surface area contributed by atoms with Gasteiger partial charge in [0.25, 0.3) is 0 Å². The van der Waals surface area contributed by atoms with E-state index in [4.69, 9.17) is 23.8 Å². The van der Waals surface area contributed by atoms with Crippen molar-refractivity contribution in [3.63, 3.8) is 0 Å². The van der Waals surface area contributed by atoms with E-state index in [9.17, 15) is 4.79 Å². The Morgan fingerprint density at radius 3 is 2.80 bits per heavy atom. The number of hydrogen-bond acceptors (Lipinski definition) is 2. The number of fused-ring (bicyclic) bond motifs is 1. The molecule has 1 N–H and O–H groups in total. The molecule has 4 nitrogen and oxygen atoms in total. The second-order valence-electron chi connectivity index (χ2n) is 5.17. The maximum absolute atomic E-state index is 12.5. The quantitative estimate of drug-likeness (QED) is 0.862. The third-order valence-electron chi connectivity index (χ3n) is 3.84. The van der Waals surface area contributed by atoms with Gasteiger partial charge in [-0.2, -0.15) is 0 Å². The summed E-state index contributed by atoms with van der Waals surface area (Å²) in [5.74, 6) is 0.125. The first-order valence-corrected chi connectivity index (χ1v) is 7.55. The van der Waals surface area contributed by atoms with E-state index in [0.717, 1.165) is 37.0 Å². The van der Waals surface area contributed by atoms with Gasteiger partial charge in [0, 0.05) is 18.1 Å². The Labute approximate surface area is 127 Å². The van der Waals surface area contributed by atoms with Crippen molar-refractivity contribution < 1.29 is 4.79 Å². The van der Waals surface area contributed by atoms with Crippen LogP contribution in [-0.2, 0) is 4.79 Å². The second-order valence-corrected chi connectivity index (χ2v) is 5.99. The maximum Gasteiger partial charge on any atom is 0.245 e. The summed E-state index contributed by atoms with van der Waals surface area (Å²) < 4.78 is 2.42. The van der Waals surface area contributed by atoms with Crippen molar-refractivity contribution in [1.82, 2.24) is 14.5 Å². The van der Waals surface area contributed by atoms with E-state index in [0.29, 0.717) is 9.79 Å². The van der Waals surface area contributed by atoms with Crippen LogP contribution in [0.5, 0.6) is 0 Å². The zero-order valence-electron chi connectivity index (χ0n) is 11.2. The third-order valence-corrected chi connectivity index (χ3v) is 4.38. The van der Waals surface area contributed by atoms with Gasteiger partial charge in [-0.05, 0) is 50.2 Å². The number of hydrogen-bond donors (Lipinski definition) is 1. The fourth-order valence-electron chi connectivity index (χ4n) is 2.79. The Morgan fingerprint density at radius 1 is 1.40 bits per heavy atom. The summed E-state index contributed by atoms with van der Waals surface area (Å²) in [6.45, 7) is 3.59. The van der Waals surface area contributed by atoms with Crippen LogP contribution in [0, 0.1) is 4.77 Å². The van der Waals surface area contributed by atoms with Crippen LogP contribution in [0.1, 0.15) is 25.8 Å². The molecule has 2 aromatic rings. The number of nitrogens with one attached hydrogen (secondary N) is 1. The van der Waals surface area contributed by atoms with Crippen LogP contribution in [0.3, 0.4) is 0 Å². The molecule has 1 aliphatic heterocycles. The van der Waals surface area contributed by atoms with Crippen LogP contribution in [0.15, 0.2) is 18.2 Å². The topological polar surface area (TPSA) is 41.0 Å². The SMILES string of the molecule is CC(C(=O)N1CCCC1)n1c(=S)[nH]c2ccc(Cl)cc21. The lowest BCUT2D eigenvalue weighted by Crippen LogP contribution is -2.34. The highest BCUT2D eigenvalue weighted by Gasteiger charge is 2.25. The molecule has 1 saturated heterocycles. The summed E-state index contributed by atoms with van der Waals surface area (Å²) in [4.78, 5) is 17.6. The van der Waals surface area contributed by atoms with Crippen molar-refractivity contribution >= 4 is 40.8 Å². The Balaban J connectivity index is 2.04. The predicted octanol–water partition coefficient (Wildman–Crippen LogP) is 3.54. The normalized spacial score (nSPS) is 16.8. The summed E-state index contributed by atoms with van der Waals surface area (Å²) in [7, 11) is 0. The van der Waals surface area contributed by atoms with E-state index >= 15 is 0 Å². The number of likely N-dealkylation sites (tertiary alicyclic amines) is 1. The zero-order valence-corrected chi connectivity index (χ0v) is 12.8. The monoisotopic (exact) mass is 309 g/mol. The minimum atomic E-state index is -0.312. The first-order chi connectivity index (χ1) is 9.58. The van der Waals surface area contributed by atoms with Crippen LogP contribution in [0.4, 0.5) is 0 Å². The Kier molecular flexibility index (Phi) is 3.56. The number of H-pyrrole nitrogens is 1. The molecule has 20 heavy (non-hydrogen) atoms. The average molecular weight is 310 g/mol. The Hall–Kier alpha value is -1.33. The zero-order chi connectivity index (χ0) is 14.3. The maximum atomic E-state index is 12.5. The molecule has 106 valence electrons. The Morgan fingerprint density at radius 2 is 2.10 bits per heavy atom. The molecule has 6 heteroatoms. The van der Waals surface area contributed by atoms with E-state index < -0.39 is 0 Å². The summed E-state index contributed by atoms with van der Waals surface area (Å²) in [6.07, 6.45) is 2.17. The highest BCUT2D eigenvalue weighted by molar-refractivity contribution is 7.71. The molecule has 1 amide bonds. The predicted molar refractivity (Wildman–Crippen MR) is 82.7 cm³/mol. The van der Waals surface area contributed by atoms with Gasteiger partial charge in [0.15, 0.2) is 4.77 Å². The number of halogens is 1. The van der Waals surface area contributed by atoms with Gasteiger partial charge < -0.3 is 14.5 Å². The van der Waals surface area contributed by atoms with Crippen molar-refractivity contribution in [1.29, 1.82) is 0 Å². The number of benzene rings is 1. The molecule has 1 atom stereocenters. The number of imidazole rings is 1. The van der Waals surface area contributed by atoms with Gasteiger partial charge >= 0.3 is 0 Å². The standard InChI is InChI=1S/C14H16ClN3OS/c1-9(13(19)17-6-2-3-7-17)18-12-8-10(15)4-5-11(12)16-14(18)20/h4-5,8-9H,2-3,6-7H2,1H3,(H,16,20). The molecule has 0 saturated carbocycles. The van der Waals surface area contributed by atoms with Gasteiger partial charge in [0.05, 0.1) is 11.0 Å². The summed E-state index contributed by atoms with van der Waals surface area (Å²) in [5.41, 5.74) is 1.78. The molecule has 3 rings (SSSR count). The number of carbonyl (C=O) groups is 1. The smallest absolute Gasteiger partial charge is 0.245 e. The molecule has 1 fully saturated rings. The highest BCUT2D eigenvalue weighted by atomic mass is 35.5. The first kappa shape index (κ1) is 13.6. The molecule has 1 aliphatic rings. The fraction of sp³-hybridized carbons (Fsp3) is 0.429. The number of aromatic nitrogens is 2. The average Bonchev–Trinajstić information content (AvgIpc) is 3.04. The van der Waals surface area contributed by atoms with Gasteiger partial charge in [-0.15, -0.1) is 0 Å². The third kappa shape index (κ3) is 2.25. The van der Waals surface area contributed by atoms with Crippen LogP contribution in [0.25, 0.3) is 11.0 Å². The van der Waals surface area contributed by atoms with Crippen molar-refractivity contribution in [3.05, 3.63) is 28.0 Å². The van der Waals surface area contributed by atoms with Gasteiger partial charge in [0.2, 0.25) is 5.91 Å². The molecule has 1 unspecified atom stereocenters. The lowest BCUT2D eigenvalue weighted by atomic mass is 10.2. The van der Waals surface area contributed by atoms with Crippen molar-refractivity contribution in [2.45, 2.75) is 25.8 Å². The van der Waals surface area contributed by atoms with Gasteiger partial charge in [-0.25, -0.2) is 0 Å². The summed E-state index contributed by atoms with van der Waals surface area (Å²) in [5, 5.41) is 0.640. The first-order valence-electron chi connectivity index (χ1n) is 6.76. The van der Waals surface area contributed by atoms with Crippen LogP contribution < -0.4 is 0 Å². The van der Waals surface area contributed by atoms with E-state index in [1.54, 1.807) is 0 Å². The van der Waals surface area contributed by atoms with E-state index in [1.807, 2.05) is 34.6 Å². The molecule has 0 spiro atoms. The number of carbonyl (C=O) groups excluding carboxylic acids is 1. The lowest BCUT2D eigenvalue weighted by molar-refractivity contribution is -0.133. The van der Waals surface area contributed by atoms with Crippen molar-refractivity contribution in [3.8, 4) is 0 Å². The van der Waals surface area contributed by atoms with E-state index in [1.165, 1.54) is 0 Å². The minimum Gasteiger partial charge on any atom is -0.341 e. The molecule has 1 aromatic heterocycles. The summed E-state index contributed by atoms with van der Waals surface area (Å²) >= 11 is 11.4. The largest absolute Gasteiger partial charge is 0.341 e. The number of nitrogens with zero attached hydrogens (tertiary/aromatic N) is 2.